The minimum absolute atomic E-state index is 0.292. The number of carbonyl (C=O) groups is 2. The van der Waals surface area contributed by atoms with Crippen molar-refractivity contribution in [3.63, 3.8) is 0 Å². The number of para-hydroxylation sites is 1. The molecule has 1 aliphatic rings. The third-order valence-corrected chi connectivity index (χ3v) is 2.62. The van der Waals surface area contributed by atoms with E-state index < -0.39 is 0 Å². The van der Waals surface area contributed by atoms with Crippen LogP contribution >= 0.6 is 0 Å². The summed E-state index contributed by atoms with van der Waals surface area (Å²) in [5.74, 6) is -0.584. The van der Waals surface area contributed by atoms with E-state index in [1.165, 1.54) is 17.1 Å². The van der Waals surface area contributed by atoms with Gasteiger partial charge in [0.15, 0.2) is 0 Å². The first-order chi connectivity index (χ1) is 8.24. The summed E-state index contributed by atoms with van der Waals surface area (Å²) in [4.78, 5) is 24.4. The van der Waals surface area contributed by atoms with Crippen LogP contribution in [0, 0.1) is 0 Å². The Balaban J connectivity index is 2.31. The maximum absolute atomic E-state index is 11.6. The topological polar surface area (TPSA) is 46.6 Å². The second-order valence-electron chi connectivity index (χ2n) is 3.72. The van der Waals surface area contributed by atoms with Crippen LogP contribution in [-0.2, 0) is 20.7 Å². The van der Waals surface area contributed by atoms with Crippen molar-refractivity contribution in [3.05, 3.63) is 42.0 Å². The predicted molar refractivity (Wildman–Crippen MR) is 63.7 cm³/mol. The quantitative estimate of drug-likeness (QED) is 0.734. The Hall–Kier alpha value is -1.94. The van der Waals surface area contributed by atoms with Crippen LogP contribution in [0.4, 0.5) is 5.69 Å². The Kier molecular flexibility index (Phi) is 3.35. The smallest absolute Gasteiger partial charge is 0.258 e. The molecule has 4 nitrogen and oxygen atoms in total. The number of amides is 2. The van der Waals surface area contributed by atoms with Crippen molar-refractivity contribution in [1.29, 1.82) is 0 Å². The van der Waals surface area contributed by atoms with Crippen LogP contribution in [0.25, 0.3) is 0 Å². The number of methoxy groups -OCH3 is 1. The first-order valence-electron chi connectivity index (χ1n) is 5.37. The van der Waals surface area contributed by atoms with E-state index in [1.807, 2.05) is 18.2 Å². The second kappa shape index (κ2) is 4.93. The van der Waals surface area contributed by atoms with Crippen molar-refractivity contribution >= 4 is 17.5 Å². The molecule has 0 spiro atoms. The number of carbonyl (C=O) groups excluding carboxylic acids is 2. The van der Waals surface area contributed by atoms with Crippen molar-refractivity contribution in [2.45, 2.75) is 6.42 Å². The van der Waals surface area contributed by atoms with E-state index >= 15 is 0 Å². The molecule has 2 rings (SSSR count). The summed E-state index contributed by atoms with van der Waals surface area (Å²) in [5.41, 5.74) is 1.57. The van der Waals surface area contributed by atoms with E-state index in [1.54, 1.807) is 13.2 Å². The average molecular weight is 231 g/mol. The fourth-order valence-electron chi connectivity index (χ4n) is 1.79. The maximum Gasteiger partial charge on any atom is 0.258 e. The van der Waals surface area contributed by atoms with Gasteiger partial charge < -0.3 is 4.74 Å². The lowest BCUT2D eigenvalue weighted by atomic mass is 10.1. The van der Waals surface area contributed by atoms with Crippen molar-refractivity contribution in [3.8, 4) is 0 Å². The number of anilines is 1. The molecular weight excluding hydrogens is 218 g/mol. The molecule has 17 heavy (non-hydrogen) atoms. The summed E-state index contributed by atoms with van der Waals surface area (Å²) >= 11 is 0. The molecule has 0 atom stereocenters. The molecule has 4 heteroatoms. The Morgan fingerprint density at radius 2 is 1.76 bits per heavy atom. The highest BCUT2D eigenvalue weighted by molar-refractivity contribution is 6.28. The summed E-state index contributed by atoms with van der Waals surface area (Å²) in [6, 6.07) is 7.36. The van der Waals surface area contributed by atoms with E-state index in [4.69, 9.17) is 4.74 Å². The summed E-state index contributed by atoms with van der Waals surface area (Å²) in [5, 5.41) is 0. The largest absolute Gasteiger partial charge is 0.384 e. The van der Waals surface area contributed by atoms with Crippen molar-refractivity contribution in [2.24, 2.45) is 0 Å². The fraction of sp³-hybridized carbons (Fsp3) is 0.231. The van der Waals surface area contributed by atoms with Crippen LogP contribution in [0.1, 0.15) is 5.56 Å². The Labute approximate surface area is 99.5 Å². The summed E-state index contributed by atoms with van der Waals surface area (Å²) in [6.45, 7) is 0.556. The van der Waals surface area contributed by atoms with Gasteiger partial charge >= 0.3 is 0 Å². The van der Waals surface area contributed by atoms with E-state index in [9.17, 15) is 9.59 Å². The van der Waals surface area contributed by atoms with Crippen LogP contribution in [0.15, 0.2) is 36.4 Å². The van der Waals surface area contributed by atoms with Gasteiger partial charge in [-0.25, -0.2) is 4.90 Å². The number of rotatable bonds is 4. The van der Waals surface area contributed by atoms with E-state index in [0.717, 1.165) is 5.56 Å². The highest BCUT2D eigenvalue weighted by Gasteiger charge is 2.26. The lowest BCUT2D eigenvalue weighted by Crippen LogP contribution is -2.30. The lowest BCUT2D eigenvalue weighted by Gasteiger charge is -2.17. The molecule has 2 amide bonds. The molecule has 0 saturated carbocycles. The molecule has 0 bridgehead atoms. The zero-order chi connectivity index (χ0) is 12.3. The molecular formula is C13H13NO3. The predicted octanol–water partition coefficient (Wildman–Crippen LogP) is 1.30. The van der Waals surface area contributed by atoms with Gasteiger partial charge in [0.2, 0.25) is 0 Å². The van der Waals surface area contributed by atoms with Crippen molar-refractivity contribution in [1.82, 2.24) is 0 Å². The molecule has 1 aromatic carbocycles. The number of benzene rings is 1. The van der Waals surface area contributed by atoms with Crippen LogP contribution in [-0.4, -0.2) is 25.5 Å². The standard InChI is InChI=1S/C13H13NO3/c1-17-9-8-10-4-2-3-5-11(10)14-12(15)6-7-13(14)16/h2-7H,8-9H2,1H3. The Morgan fingerprint density at radius 3 is 2.41 bits per heavy atom. The minimum Gasteiger partial charge on any atom is -0.384 e. The third-order valence-electron chi connectivity index (χ3n) is 2.62. The molecule has 0 aromatic heterocycles. The molecule has 0 saturated heterocycles. The highest BCUT2D eigenvalue weighted by Crippen LogP contribution is 2.24. The van der Waals surface area contributed by atoms with Gasteiger partial charge in [-0.2, -0.15) is 0 Å². The van der Waals surface area contributed by atoms with Crippen LogP contribution < -0.4 is 4.90 Å². The SMILES string of the molecule is COCCc1ccccc1N1C(=O)C=CC1=O. The number of hydrogen-bond acceptors (Lipinski definition) is 3. The van der Waals surface area contributed by atoms with E-state index in [2.05, 4.69) is 0 Å². The first kappa shape index (κ1) is 11.5. The van der Waals surface area contributed by atoms with Crippen molar-refractivity contribution in [2.75, 3.05) is 18.6 Å². The molecule has 1 aromatic rings. The Bertz CT molecular complexity index is 461. The van der Waals surface area contributed by atoms with Gasteiger partial charge in [0.1, 0.15) is 0 Å². The zero-order valence-electron chi connectivity index (χ0n) is 9.55. The number of imide groups is 1. The highest BCUT2D eigenvalue weighted by atomic mass is 16.5. The van der Waals surface area contributed by atoms with E-state index in [-0.39, 0.29) is 11.8 Å². The van der Waals surface area contributed by atoms with Gasteiger partial charge in [0.05, 0.1) is 12.3 Å². The molecule has 1 heterocycles. The first-order valence-corrected chi connectivity index (χ1v) is 5.37. The fourth-order valence-corrected chi connectivity index (χ4v) is 1.79. The maximum atomic E-state index is 11.6. The molecule has 0 aliphatic carbocycles. The number of hydrogen-bond donors (Lipinski definition) is 0. The van der Waals surface area contributed by atoms with Crippen LogP contribution in [0.2, 0.25) is 0 Å². The van der Waals surface area contributed by atoms with Crippen molar-refractivity contribution < 1.29 is 14.3 Å². The molecule has 88 valence electrons. The molecule has 0 N–H and O–H groups in total. The zero-order valence-corrected chi connectivity index (χ0v) is 9.55. The number of ether oxygens (including phenoxy) is 1. The van der Waals surface area contributed by atoms with Gasteiger partial charge in [-0.1, -0.05) is 18.2 Å². The number of nitrogens with zero attached hydrogens (tertiary/aromatic N) is 1. The van der Waals surface area contributed by atoms with Crippen LogP contribution in [0.3, 0.4) is 0 Å². The molecule has 0 unspecified atom stereocenters. The van der Waals surface area contributed by atoms with Gasteiger partial charge in [0.25, 0.3) is 11.8 Å². The molecule has 1 aliphatic heterocycles. The van der Waals surface area contributed by atoms with Gasteiger partial charge in [-0.15, -0.1) is 0 Å². The Morgan fingerprint density at radius 1 is 1.12 bits per heavy atom. The van der Waals surface area contributed by atoms with Gasteiger partial charge in [0, 0.05) is 19.3 Å². The average Bonchev–Trinajstić information content (AvgIpc) is 2.67. The van der Waals surface area contributed by atoms with E-state index in [0.29, 0.717) is 18.7 Å². The monoisotopic (exact) mass is 231 g/mol. The summed E-state index contributed by atoms with van der Waals surface area (Å²) < 4.78 is 5.01. The van der Waals surface area contributed by atoms with Gasteiger partial charge in [-0.3, -0.25) is 9.59 Å². The minimum atomic E-state index is -0.292. The lowest BCUT2D eigenvalue weighted by molar-refractivity contribution is -0.119. The summed E-state index contributed by atoms with van der Waals surface area (Å²) in [7, 11) is 1.62. The third kappa shape index (κ3) is 2.26. The van der Waals surface area contributed by atoms with Crippen LogP contribution in [0.5, 0.6) is 0 Å². The molecule has 0 fully saturated rings. The summed E-state index contributed by atoms with van der Waals surface area (Å²) in [6.07, 6.45) is 3.24. The normalized spacial score (nSPS) is 14.8. The second-order valence-corrected chi connectivity index (χ2v) is 3.72. The molecule has 0 radical (unpaired) electrons. The van der Waals surface area contributed by atoms with Gasteiger partial charge in [-0.05, 0) is 18.1 Å².